The van der Waals surface area contributed by atoms with Gasteiger partial charge in [-0.05, 0) is 44.5 Å². The third kappa shape index (κ3) is 12.7. The Morgan fingerprint density at radius 1 is 1.22 bits per heavy atom. The number of carbonyl (C=O) groups excluding carboxylic acids is 2. The van der Waals surface area contributed by atoms with E-state index in [1.807, 2.05) is 44.5 Å². The molecule has 0 saturated heterocycles. The van der Waals surface area contributed by atoms with E-state index in [1.165, 1.54) is 22.9 Å². The molecule has 2 aromatic rings. The van der Waals surface area contributed by atoms with Gasteiger partial charge in [0.1, 0.15) is 17.1 Å². The highest BCUT2D eigenvalue weighted by Gasteiger charge is 2.22. The maximum absolute atomic E-state index is 11.9. The number of Topliss-reactive ketones (excluding diaryl/α,β-unsaturated/α-hetero) is 1. The molecular weight excluding hydrogens is 482 g/mol. The van der Waals surface area contributed by atoms with Crippen molar-refractivity contribution in [3.8, 4) is 5.75 Å². The highest BCUT2D eigenvalue weighted by Crippen LogP contribution is 2.25. The van der Waals surface area contributed by atoms with Crippen molar-refractivity contribution in [2.75, 3.05) is 20.8 Å². The van der Waals surface area contributed by atoms with Crippen LogP contribution in [0.3, 0.4) is 0 Å². The van der Waals surface area contributed by atoms with Gasteiger partial charge in [-0.2, -0.15) is 0 Å². The first kappa shape index (κ1) is 33.1. The Bertz CT molecular complexity index is 979. The minimum absolute atomic E-state index is 0.0201. The van der Waals surface area contributed by atoms with Gasteiger partial charge in [-0.15, -0.1) is 11.3 Å². The SMILES string of the molecule is CCOCc1ccc(CC)s1.CN/C=C/CCC(C)c1cc(O)c(C(=O)C(C)C)c(=O)o1.COC=O. The van der Waals surface area contributed by atoms with Crippen LogP contribution in [0.15, 0.2) is 39.7 Å². The van der Waals surface area contributed by atoms with Crippen LogP contribution in [-0.4, -0.2) is 38.1 Å². The maximum atomic E-state index is 11.9. The van der Waals surface area contributed by atoms with Gasteiger partial charge < -0.3 is 24.3 Å². The fourth-order valence-electron chi connectivity index (χ4n) is 2.84. The molecule has 0 aromatic carbocycles. The average Bonchev–Trinajstić information content (AvgIpc) is 3.33. The molecule has 0 saturated carbocycles. The molecule has 2 N–H and O–H groups in total. The number of carbonyl (C=O) groups is 2. The summed E-state index contributed by atoms with van der Waals surface area (Å²) in [6.45, 7) is 11.4. The molecule has 0 aliphatic rings. The normalized spacial score (nSPS) is 11.2. The van der Waals surface area contributed by atoms with E-state index in [0.717, 1.165) is 32.5 Å². The fourth-order valence-corrected chi connectivity index (χ4v) is 3.74. The monoisotopic (exact) mass is 523 g/mol. The summed E-state index contributed by atoms with van der Waals surface area (Å²) in [7, 11) is 3.13. The highest BCUT2D eigenvalue weighted by atomic mass is 32.1. The Kier molecular flexibility index (Phi) is 17.7. The number of ketones is 1. The second kappa shape index (κ2) is 19.3. The van der Waals surface area contributed by atoms with E-state index < -0.39 is 11.4 Å². The second-order valence-corrected chi connectivity index (χ2v) is 9.33. The van der Waals surface area contributed by atoms with Crippen molar-refractivity contribution < 1.29 is 28.6 Å². The van der Waals surface area contributed by atoms with Gasteiger partial charge in [-0.25, -0.2) is 4.79 Å². The number of methoxy groups -OCH3 is 1. The summed E-state index contributed by atoms with van der Waals surface area (Å²) in [6, 6.07) is 5.71. The van der Waals surface area contributed by atoms with Gasteiger partial charge in [0, 0.05) is 41.3 Å². The van der Waals surface area contributed by atoms with Gasteiger partial charge in [0.15, 0.2) is 5.78 Å². The van der Waals surface area contributed by atoms with Crippen LogP contribution in [0.25, 0.3) is 0 Å². The van der Waals surface area contributed by atoms with Crippen LogP contribution in [0.5, 0.6) is 5.75 Å². The first-order valence-electron chi connectivity index (χ1n) is 12.0. The molecule has 1 atom stereocenters. The second-order valence-electron chi connectivity index (χ2n) is 8.08. The van der Waals surface area contributed by atoms with Gasteiger partial charge in [-0.1, -0.05) is 33.8 Å². The molecule has 0 aliphatic heterocycles. The van der Waals surface area contributed by atoms with Crippen molar-refractivity contribution in [2.45, 2.75) is 66.4 Å². The summed E-state index contributed by atoms with van der Waals surface area (Å²) >= 11 is 1.85. The molecule has 9 heteroatoms. The molecule has 36 heavy (non-hydrogen) atoms. The summed E-state index contributed by atoms with van der Waals surface area (Å²) in [5, 5.41) is 12.8. The summed E-state index contributed by atoms with van der Waals surface area (Å²) in [4.78, 5) is 35.5. The van der Waals surface area contributed by atoms with Crippen molar-refractivity contribution in [3.05, 3.63) is 62.0 Å². The number of hydrogen-bond acceptors (Lipinski definition) is 9. The van der Waals surface area contributed by atoms with E-state index >= 15 is 0 Å². The molecule has 0 radical (unpaired) electrons. The zero-order valence-electron chi connectivity index (χ0n) is 22.5. The lowest BCUT2D eigenvalue weighted by atomic mass is 9.99. The molecule has 2 rings (SSSR count). The van der Waals surface area contributed by atoms with E-state index in [9.17, 15) is 14.7 Å². The molecule has 8 nitrogen and oxygen atoms in total. The predicted octanol–water partition coefficient (Wildman–Crippen LogP) is 5.44. The molecule has 202 valence electrons. The lowest BCUT2D eigenvalue weighted by molar-refractivity contribution is -0.126. The van der Waals surface area contributed by atoms with Gasteiger partial charge >= 0.3 is 5.63 Å². The standard InChI is InChI=1S/C16H23NO4.C9H14OS.C2H4O2/c1-10(2)15(19)14-12(18)9-13(21-16(14)20)11(3)7-5-6-8-17-4;1-3-8-5-6-9(11-8)7-10-4-2;1-4-2-3/h6,8-11,17-18H,5,7H2,1-4H3;5-6H,3-4,7H2,1-2H3;2H,1H3/b8-6+;;. The van der Waals surface area contributed by atoms with Crippen molar-refractivity contribution in [1.29, 1.82) is 0 Å². The number of rotatable bonds is 12. The van der Waals surface area contributed by atoms with Crippen LogP contribution in [-0.2, 0) is 27.3 Å². The zero-order chi connectivity index (χ0) is 27.5. The van der Waals surface area contributed by atoms with Gasteiger partial charge in [-0.3, -0.25) is 9.59 Å². The van der Waals surface area contributed by atoms with E-state index in [4.69, 9.17) is 13.9 Å². The number of hydrogen-bond donors (Lipinski definition) is 2. The van der Waals surface area contributed by atoms with Crippen LogP contribution >= 0.6 is 11.3 Å². The van der Waals surface area contributed by atoms with Crippen LogP contribution in [0.1, 0.15) is 79.3 Å². The van der Waals surface area contributed by atoms with Crippen molar-refractivity contribution >= 4 is 23.6 Å². The summed E-state index contributed by atoms with van der Waals surface area (Å²) < 4.78 is 14.4. The Hall–Kier alpha value is -2.91. The first-order valence-corrected chi connectivity index (χ1v) is 12.8. The summed E-state index contributed by atoms with van der Waals surface area (Å²) in [6.07, 6.45) is 6.55. The van der Waals surface area contributed by atoms with Crippen LogP contribution in [0.4, 0.5) is 0 Å². The van der Waals surface area contributed by atoms with E-state index in [1.54, 1.807) is 13.8 Å². The first-order chi connectivity index (χ1) is 17.2. The molecule has 0 aliphatic carbocycles. The topological polar surface area (TPSA) is 115 Å². The Balaban J connectivity index is 0.000000677. The minimum Gasteiger partial charge on any atom is -0.507 e. The molecule has 0 amide bonds. The number of ether oxygens (including phenoxy) is 2. The molecular formula is C27H41NO7S. The Morgan fingerprint density at radius 2 is 1.86 bits per heavy atom. The van der Waals surface area contributed by atoms with Crippen molar-refractivity contribution in [2.24, 2.45) is 5.92 Å². The largest absolute Gasteiger partial charge is 0.507 e. The highest BCUT2D eigenvalue weighted by molar-refractivity contribution is 7.11. The third-order valence-electron chi connectivity index (χ3n) is 4.87. The summed E-state index contributed by atoms with van der Waals surface area (Å²) in [5.41, 5.74) is -1.02. The number of nitrogens with one attached hydrogen (secondary N) is 1. The average molecular weight is 524 g/mol. The summed E-state index contributed by atoms with van der Waals surface area (Å²) in [5.74, 6) is -0.687. The lowest BCUT2D eigenvalue weighted by Crippen LogP contribution is -2.19. The van der Waals surface area contributed by atoms with Gasteiger partial charge in [0.05, 0.1) is 13.7 Å². The number of allylic oxidation sites excluding steroid dienone is 1. The van der Waals surface area contributed by atoms with Crippen LogP contribution < -0.4 is 10.9 Å². The third-order valence-corrected chi connectivity index (χ3v) is 6.07. The van der Waals surface area contributed by atoms with Gasteiger partial charge in [0.25, 0.3) is 6.47 Å². The molecule has 2 heterocycles. The minimum atomic E-state index is -0.763. The lowest BCUT2D eigenvalue weighted by Gasteiger charge is -2.11. The van der Waals surface area contributed by atoms with E-state index in [2.05, 4.69) is 29.1 Å². The van der Waals surface area contributed by atoms with E-state index in [0.29, 0.717) is 12.2 Å². The molecule has 2 aromatic heterocycles. The number of thiophene rings is 1. The predicted molar refractivity (Wildman–Crippen MR) is 144 cm³/mol. The number of aryl methyl sites for hydroxylation is 1. The molecule has 0 bridgehead atoms. The zero-order valence-corrected chi connectivity index (χ0v) is 23.3. The quantitative estimate of drug-likeness (QED) is 0.279. The maximum Gasteiger partial charge on any atom is 0.350 e. The molecule has 0 spiro atoms. The smallest absolute Gasteiger partial charge is 0.350 e. The molecule has 1 unspecified atom stereocenters. The van der Waals surface area contributed by atoms with Crippen molar-refractivity contribution in [3.63, 3.8) is 0 Å². The van der Waals surface area contributed by atoms with Crippen molar-refractivity contribution in [1.82, 2.24) is 5.32 Å². The van der Waals surface area contributed by atoms with E-state index in [-0.39, 0.29) is 23.1 Å². The van der Waals surface area contributed by atoms with Crippen LogP contribution in [0.2, 0.25) is 0 Å². The van der Waals surface area contributed by atoms with Crippen LogP contribution in [0, 0.1) is 5.92 Å². The fraction of sp³-hybridized carbons (Fsp3) is 0.519. The molecule has 0 fully saturated rings. The van der Waals surface area contributed by atoms with Gasteiger partial charge in [0.2, 0.25) is 0 Å². The Labute approximate surface area is 218 Å². The number of aromatic hydroxyl groups is 1. The Morgan fingerprint density at radius 3 is 2.33 bits per heavy atom.